The van der Waals surface area contributed by atoms with Gasteiger partial charge in [0, 0.05) is 19.0 Å². The maximum Gasteiger partial charge on any atom is 0.283 e. The fraction of sp³-hybridized carbons (Fsp3) is 0.533. The Labute approximate surface area is 121 Å². The largest absolute Gasteiger partial charge is 0.359 e. The van der Waals surface area contributed by atoms with Crippen molar-refractivity contribution in [1.29, 1.82) is 0 Å². The summed E-state index contributed by atoms with van der Waals surface area (Å²) in [5.74, 6) is 0.788. The first-order valence-corrected chi connectivity index (χ1v) is 8.50. The summed E-state index contributed by atoms with van der Waals surface area (Å²) < 4.78 is 28.9. The smallest absolute Gasteiger partial charge is 0.283 e. The highest BCUT2D eigenvalue weighted by atomic mass is 32.2. The fourth-order valence-corrected chi connectivity index (χ4v) is 3.52. The number of hydrogen-bond acceptors (Lipinski definition) is 2. The molecule has 1 aromatic carbocycles. The number of amidine groups is 1. The number of sulfonamides is 1. The molecule has 1 heterocycles. The van der Waals surface area contributed by atoms with Gasteiger partial charge in [0.15, 0.2) is 0 Å². The van der Waals surface area contributed by atoms with Crippen molar-refractivity contribution in [2.24, 2.45) is 10.3 Å². The van der Waals surface area contributed by atoms with Gasteiger partial charge in [-0.3, -0.25) is 0 Å². The molecule has 0 amide bonds. The first kappa shape index (κ1) is 15.0. The van der Waals surface area contributed by atoms with Gasteiger partial charge < -0.3 is 4.90 Å². The lowest BCUT2D eigenvalue weighted by molar-refractivity contribution is 0.489. The monoisotopic (exact) mass is 294 g/mol. The molecule has 2 rings (SSSR count). The molecule has 0 saturated carbocycles. The molecule has 110 valence electrons. The van der Waals surface area contributed by atoms with Gasteiger partial charge in [0.05, 0.1) is 4.90 Å². The predicted octanol–water partition coefficient (Wildman–Crippen LogP) is 2.83. The number of rotatable bonds is 3. The second-order valence-electron chi connectivity index (χ2n) is 5.59. The van der Waals surface area contributed by atoms with Crippen molar-refractivity contribution in [3.05, 3.63) is 29.8 Å². The summed E-state index contributed by atoms with van der Waals surface area (Å²) in [6.07, 6.45) is 2.21. The zero-order valence-corrected chi connectivity index (χ0v) is 13.2. The lowest BCUT2D eigenvalue weighted by atomic mass is 10.2. The van der Waals surface area contributed by atoms with E-state index in [1.807, 2.05) is 20.8 Å². The molecule has 4 nitrogen and oxygen atoms in total. The molecule has 5 heteroatoms. The second-order valence-corrected chi connectivity index (χ2v) is 7.19. The summed E-state index contributed by atoms with van der Waals surface area (Å²) in [5, 5.41) is 0. The van der Waals surface area contributed by atoms with Gasteiger partial charge in [-0.25, -0.2) is 0 Å². The third-order valence-electron chi connectivity index (χ3n) is 3.48. The van der Waals surface area contributed by atoms with Crippen LogP contribution in [0.3, 0.4) is 0 Å². The molecule has 0 bridgehead atoms. The van der Waals surface area contributed by atoms with E-state index in [2.05, 4.69) is 9.30 Å². The third kappa shape index (κ3) is 3.39. The van der Waals surface area contributed by atoms with Crippen LogP contribution in [0, 0.1) is 12.8 Å². The fourth-order valence-electron chi connectivity index (χ4n) is 2.36. The SMILES string of the molecule is Cc1ccc(S(=O)(=O)N=C(C(C)C)N2CCCC2)cc1. The molecule has 0 atom stereocenters. The van der Waals surface area contributed by atoms with Crippen molar-refractivity contribution < 1.29 is 8.42 Å². The zero-order valence-electron chi connectivity index (χ0n) is 12.3. The van der Waals surface area contributed by atoms with E-state index in [1.54, 1.807) is 24.3 Å². The van der Waals surface area contributed by atoms with Crippen LogP contribution in [0.15, 0.2) is 33.6 Å². The molecule has 1 aromatic rings. The first-order chi connectivity index (χ1) is 9.40. The van der Waals surface area contributed by atoms with Crippen molar-refractivity contribution in [1.82, 2.24) is 4.90 Å². The van der Waals surface area contributed by atoms with E-state index in [4.69, 9.17) is 0 Å². The highest BCUT2D eigenvalue weighted by molar-refractivity contribution is 7.90. The number of likely N-dealkylation sites (tertiary alicyclic amines) is 1. The molecule has 0 spiro atoms. The number of hydrogen-bond donors (Lipinski definition) is 0. The molecule has 1 fully saturated rings. The molecular formula is C15H22N2O2S. The van der Waals surface area contributed by atoms with E-state index >= 15 is 0 Å². The second kappa shape index (κ2) is 5.95. The summed E-state index contributed by atoms with van der Waals surface area (Å²) in [6, 6.07) is 6.84. The van der Waals surface area contributed by atoms with Gasteiger partial charge in [-0.15, -0.1) is 4.40 Å². The molecule has 0 aliphatic carbocycles. The molecule has 20 heavy (non-hydrogen) atoms. The minimum absolute atomic E-state index is 0.105. The van der Waals surface area contributed by atoms with Crippen LogP contribution in [0.4, 0.5) is 0 Å². The molecular weight excluding hydrogens is 272 g/mol. The van der Waals surface area contributed by atoms with Gasteiger partial charge in [0.2, 0.25) is 0 Å². The van der Waals surface area contributed by atoms with E-state index in [0.29, 0.717) is 5.84 Å². The third-order valence-corrected chi connectivity index (χ3v) is 4.77. The molecule has 0 unspecified atom stereocenters. The Bertz CT molecular complexity index is 583. The van der Waals surface area contributed by atoms with Crippen LogP contribution in [-0.2, 0) is 10.0 Å². The van der Waals surface area contributed by atoms with Crippen LogP contribution in [0.1, 0.15) is 32.3 Å². The average molecular weight is 294 g/mol. The number of aryl methyl sites for hydroxylation is 1. The Morgan fingerprint density at radius 2 is 1.70 bits per heavy atom. The van der Waals surface area contributed by atoms with E-state index in [0.717, 1.165) is 31.5 Å². The number of benzene rings is 1. The quantitative estimate of drug-likeness (QED) is 0.636. The Hall–Kier alpha value is -1.36. The Kier molecular flexibility index (Phi) is 4.48. The van der Waals surface area contributed by atoms with Gasteiger partial charge in [-0.2, -0.15) is 8.42 Å². The van der Waals surface area contributed by atoms with Crippen molar-refractivity contribution in [3.8, 4) is 0 Å². The highest BCUT2D eigenvalue weighted by Gasteiger charge is 2.22. The first-order valence-electron chi connectivity index (χ1n) is 7.06. The van der Waals surface area contributed by atoms with E-state index < -0.39 is 10.0 Å². The summed E-state index contributed by atoms with van der Waals surface area (Å²) in [5.41, 5.74) is 1.04. The summed E-state index contributed by atoms with van der Waals surface area (Å²) in [7, 11) is -3.61. The highest BCUT2D eigenvalue weighted by Crippen LogP contribution is 2.18. The molecule has 1 saturated heterocycles. The molecule has 0 radical (unpaired) electrons. The molecule has 1 aliphatic heterocycles. The topological polar surface area (TPSA) is 49.7 Å². The molecule has 1 aliphatic rings. The van der Waals surface area contributed by atoms with Gasteiger partial charge in [-0.1, -0.05) is 31.5 Å². The van der Waals surface area contributed by atoms with E-state index in [-0.39, 0.29) is 10.8 Å². The molecule has 0 aromatic heterocycles. The van der Waals surface area contributed by atoms with Crippen molar-refractivity contribution in [2.45, 2.75) is 38.5 Å². The average Bonchev–Trinajstić information content (AvgIpc) is 2.90. The van der Waals surface area contributed by atoms with Crippen molar-refractivity contribution >= 4 is 15.9 Å². The summed E-state index contributed by atoms with van der Waals surface area (Å²) in [4.78, 5) is 2.36. The maximum atomic E-state index is 12.4. The van der Waals surface area contributed by atoms with Gasteiger partial charge in [0.1, 0.15) is 5.84 Å². The lowest BCUT2D eigenvalue weighted by Crippen LogP contribution is -2.32. The molecule has 0 N–H and O–H groups in total. The van der Waals surface area contributed by atoms with Gasteiger partial charge in [-0.05, 0) is 31.9 Å². The van der Waals surface area contributed by atoms with Crippen LogP contribution in [0.5, 0.6) is 0 Å². The van der Waals surface area contributed by atoms with E-state index in [9.17, 15) is 8.42 Å². The van der Waals surface area contributed by atoms with Gasteiger partial charge >= 0.3 is 0 Å². The predicted molar refractivity (Wildman–Crippen MR) is 81.4 cm³/mol. The zero-order chi connectivity index (χ0) is 14.8. The minimum atomic E-state index is -3.61. The van der Waals surface area contributed by atoms with E-state index in [1.165, 1.54) is 0 Å². The maximum absolute atomic E-state index is 12.4. The normalized spacial score (nSPS) is 17.0. The van der Waals surface area contributed by atoms with Crippen LogP contribution >= 0.6 is 0 Å². The Balaban J connectivity index is 2.35. The number of nitrogens with zero attached hydrogens (tertiary/aromatic N) is 2. The van der Waals surface area contributed by atoms with Crippen molar-refractivity contribution in [3.63, 3.8) is 0 Å². The van der Waals surface area contributed by atoms with Crippen molar-refractivity contribution in [2.75, 3.05) is 13.1 Å². The lowest BCUT2D eigenvalue weighted by Gasteiger charge is -2.22. The van der Waals surface area contributed by atoms with Crippen LogP contribution < -0.4 is 0 Å². The Morgan fingerprint density at radius 1 is 1.15 bits per heavy atom. The summed E-state index contributed by atoms with van der Waals surface area (Å²) in [6.45, 7) is 7.72. The standard InChI is InChI=1S/C15H22N2O2S/c1-12(2)15(17-10-4-5-11-17)16-20(18,19)14-8-6-13(3)7-9-14/h6-9,12H,4-5,10-11H2,1-3H3. The Morgan fingerprint density at radius 3 is 2.20 bits per heavy atom. The van der Waals surface area contributed by atoms with Gasteiger partial charge in [0.25, 0.3) is 10.0 Å². The summed E-state index contributed by atoms with van der Waals surface area (Å²) >= 11 is 0. The van der Waals surface area contributed by atoms with Crippen LogP contribution in [0.25, 0.3) is 0 Å². The van der Waals surface area contributed by atoms with Crippen LogP contribution in [-0.4, -0.2) is 32.2 Å². The van der Waals surface area contributed by atoms with Crippen LogP contribution in [0.2, 0.25) is 0 Å². The minimum Gasteiger partial charge on any atom is -0.359 e.